The minimum Gasteiger partial charge on any atom is -0.0357 e. The van der Waals surface area contributed by atoms with Crippen LogP contribution in [0.25, 0.3) is 0 Å². The first-order valence-electron chi connectivity index (χ1n) is 6.09. The highest BCUT2D eigenvalue weighted by molar-refractivity contribution is 5.76. The van der Waals surface area contributed by atoms with Crippen LogP contribution in [0, 0.1) is 46.3 Å². The first-order chi connectivity index (χ1) is 7.30. The zero-order valence-electron chi connectivity index (χ0n) is 8.40. The standard InChI is InChI=1S/C13H12O2/c14-4-12-6-1-7(6)13(5-15,9-2-8(9)12)11-3-10(11)12/h6-11H,1-3H2/q+2. The Labute approximate surface area is 88.4 Å². The van der Waals surface area contributed by atoms with Crippen LogP contribution in [0.1, 0.15) is 19.3 Å². The molecule has 0 N–H and O–H groups in total. The molecule has 0 aromatic heterocycles. The molecule has 0 amide bonds. The van der Waals surface area contributed by atoms with Gasteiger partial charge < -0.3 is 0 Å². The van der Waals surface area contributed by atoms with Crippen LogP contribution in [0.5, 0.6) is 0 Å². The second-order valence-electron chi connectivity index (χ2n) is 6.42. The average molecular weight is 200 g/mol. The molecule has 15 heavy (non-hydrogen) atoms. The molecule has 2 heteroatoms. The molecule has 2 nitrogen and oxygen atoms in total. The van der Waals surface area contributed by atoms with Gasteiger partial charge in [-0.05, 0) is 19.3 Å². The molecule has 6 saturated carbocycles. The molecule has 0 saturated heterocycles. The summed E-state index contributed by atoms with van der Waals surface area (Å²) in [5, 5.41) is 0. The molecule has 6 aliphatic carbocycles. The van der Waals surface area contributed by atoms with Gasteiger partial charge >= 0.3 is 12.6 Å². The Morgan fingerprint density at radius 2 is 0.933 bits per heavy atom. The van der Waals surface area contributed by atoms with E-state index in [9.17, 15) is 9.59 Å². The third-order valence-electron chi connectivity index (χ3n) is 6.41. The van der Waals surface area contributed by atoms with Gasteiger partial charge in [-0.15, -0.1) is 0 Å². The molecule has 0 radical (unpaired) electrons. The Balaban J connectivity index is 1.79. The Hall–Kier alpha value is -0.840. The summed E-state index contributed by atoms with van der Waals surface area (Å²) in [7, 11) is 0. The van der Waals surface area contributed by atoms with Crippen molar-refractivity contribution in [2.24, 2.45) is 46.3 Å². The molecule has 6 atom stereocenters. The summed E-state index contributed by atoms with van der Waals surface area (Å²) in [6, 6.07) is 0. The van der Waals surface area contributed by atoms with E-state index in [4.69, 9.17) is 0 Å². The van der Waals surface area contributed by atoms with Gasteiger partial charge in [0.05, 0.1) is 0 Å². The van der Waals surface area contributed by atoms with Crippen LogP contribution in [0.4, 0.5) is 0 Å². The molecule has 6 aliphatic rings. The van der Waals surface area contributed by atoms with Gasteiger partial charge in [-0.25, -0.2) is 0 Å². The van der Waals surface area contributed by atoms with E-state index in [2.05, 4.69) is 12.6 Å². The number of rotatable bonds is 2. The first-order valence-corrected chi connectivity index (χ1v) is 6.09. The fourth-order valence-corrected chi connectivity index (χ4v) is 5.86. The lowest BCUT2D eigenvalue weighted by molar-refractivity contribution is 0.0418. The fourth-order valence-electron chi connectivity index (χ4n) is 5.86. The van der Waals surface area contributed by atoms with E-state index in [1.54, 1.807) is 0 Å². The Morgan fingerprint density at radius 1 is 0.667 bits per heavy atom. The maximum atomic E-state index is 11.4. The lowest BCUT2D eigenvalue weighted by Gasteiger charge is -2.33. The van der Waals surface area contributed by atoms with E-state index >= 15 is 0 Å². The third kappa shape index (κ3) is 0.468. The molecule has 6 rings (SSSR count). The average Bonchev–Trinajstić information content (AvgIpc) is 3.11. The summed E-state index contributed by atoms with van der Waals surface area (Å²) < 4.78 is 0. The molecule has 2 bridgehead atoms. The van der Waals surface area contributed by atoms with E-state index < -0.39 is 0 Å². The summed E-state index contributed by atoms with van der Waals surface area (Å²) in [6.45, 7) is 0. The number of hydrogen-bond donors (Lipinski definition) is 0. The third-order valence-corrected chi connectivity index (χ3v) is 6.41. The number of carbonyl (C=O) groups excluding carboxylic acids is 2. The normalized spacial score (nSPS) is 74.4. The van der Waals surface area contributed by atoms with Gasteiger partial charge in [0.1, 0.15) is 0 Å². The van der Waals surface area contributed by atoms with E-state index in [1.165, 1.54) is 0 Å². The lowest BCUT2D eigenvalue weighted by atomic mass is 9.55. The second kappa shape index (κ2) is 1.67. The maximum absolute atomic E-state index is 11.4. The van der Waals surface area contributed by atoms with Crippen LogP contribution in [-0.2, 0) is 9.59 Å². The zero-order valence-corrected chi connectivity index (χ0v) is 8.40. The van der Waals surface area contributed by atoms with Crippen molar-refractivity contribution in [1.29, 1.82) is 0 Å². The molecular formula is C13H12O2+2. The Kier molecular flexibility index (Phi) is 0.827. The van der Waals surface area contributed by atoms with E-state index in [-0.39, 0.29) is 10.8 Å². The SMILES string of the molecule is O=[C+]C12C3CC3C([C+]=O)(C3CC31)C1CC12. The van der Waals surface area contributed by atoms with E-state index in [0.29, 0.717) is 35.5 Å². The molecule has 6 unspecified atom stereocenters. The van der Waals surface area contributed by atoms with Crippen molar-refractivity contribution < 1.29 is 9.59 Å². The maximum Gasteiger partial charge on any atom is 0.513 e. The van der Waals surface area contributed by atoms with Gasteiger partial charge in [0, 0.05) is 45.1 Å². The fraction of sp³-hybridized carbons (Fsp3) is 0.846. The van der Waals surface area contributed by atoms with Gasteiger partial charge in [-0.2, -0.15) is 0 Å². The van der Waals surface area contributed by atoms with Crippen molar-refractivity contribution in [3.63, 3.8) is 0 Å². The Bertz CT molecular complexity index is 328. The molecule has 0 aromatic carbocycles. The smallest absolute Gasteiger partial charge is 0.0357 e. The predicted octanol–water partition coefficient (Wildman–Crippen LogP) is 1.11. The summed E-state index contributed by atoms with van der Waals surface area (Å²) in [5.41, 5.74) is -0.169. The van der Waals surface area contributed by atoms with Crippen LogP contribution in [0.3, 0.4) is 0 Å². The summed E-state index contributed by atoms with van der Waals surface area (Å²) in [4.78, 5) is 22.8. The van der Waals surface area contributed by atoms with Gasteiger partial charge in [0.25, 0.3) is 0 Å². The highest BCUT2D eigenvalue weighted by Gasteiger charge is 3.00. The van der Waals surface area contributed by atoms with Gasteiger partial charge in [-0.3, -0.25) is 0 Å². The Morgan fingerprint density at radius 3 is 1.13 bits per heavy atom. The van der Waals surface area contributed by atoms with E-state index in [1.807, 2.05) is 0 Å². The van der Waals surface area contributed by atoms with Crippen molar-refractivity contribution in [2.75, 3.05) is 0 Å². The number of hydrogen-bond acceptors (Lipinski definition) is 2. The molecule has 0 heterocycles. The predicted molar refractivity (Wildman–Crippen MR) is 51.0 cm³/mol. The first kappa shape index (κ1) is 7.44. The van der Waals surface area contributed by atoms with Crippen molar-refractivity contribution in [2.45, 2.75) is 19.3 Å². The molecule has 0 aliphatic heterocycles. The quantitative estimate of drug-likeness (QED) is 0.626. The molecule has 6 fully saturated rings. The minimum absolute atomic E-state index is 0.0847. The van der Waals surface area contributed by atoms with Crippen LogP contribution >= 0.6 is 0 Å². The monoisotopic (exact) mass is 200 g/mol. The largest absolute Gasteiger partial charge is 0.513 e. The highest BCUT2D eigenvalue weighted by atomic mass is 16.1. The van der Waals surface area contributed by atoms with Crippen molar-refractivity contribution in [3.8, 4) is 0 Å². The van der Waals surface area contributed by atoms with Crippen LogP contribution in [0.2, 0.25) is 0 Å². The minimum atomic E-state index is -0.0847. The van der Waals surface area contributed by atoms with Crippen LogP contribution < -0.4 is 0 Å². The second-order valence-corrected chi connectivity index (χ2v) is 6.42. The van der Waals surface area contributed by atoms with Crippen LogP contribution in [-0.4, -0.2) is 12.6 Å². The molecular weight excluding hydrogens is 188 g/mol. The van der Waals surface area contributed by atoms with Crippen molar-refractivity contribution in [1.82, 2.24) is 0 Å². The summed E-state index contributed by atoms with van der Waals surface area (Å²) in [5.74, 6) is 3.11. The van der Waals surface area contributed by atoms with E-state index in [0.717, 1.165) is 19.3 Å². The summed E-state index contributed by atoms with van der Waals surface area (Å²) >= 11 is 0. The van der Waals surface area contributed by atoms with Gasteiger partial charge in [0.2, 0.25) is 10.8 Å². The molecule has 74 valence electrons. The molecule has 0 spiro atoms. The van der Waals surface area contributed by atoms with Gasteiger partial charge in [0.15, 0.2) is 0 Å². The topological polar surface area (TPSA) is 34.1 Å². The molecule has 0 aromatic rings. The zero-order chi connectivity index (χ0) is 10.00. The summed E-state index contributed by atoms with van der Waals surface area (Å²) in [6.07, 6.45) is 8.23. The highest BCUT2D eigenvalue weighted by Crippen LogP contribution is 2.91. The van der Waals surface area contributed by atoms with Crippen molar-refractivity contribution in [3.05, 3.63) is 0 Å². The van der Waals surface area contributed by atoms with Gasteiger partial charge in [-0.1, -0.05) is 0 Å². The lowest BCUT2D eigenvalue weighted by Crippen LogP contribution is -2.50. The van der Waals surface area contributed by atoms with Crippen LogP contribution in [0.15, 0.2) is 0 Å². The van der Waals surface area contributed by atoms with Crippen molar-refractivity contribution >= 4 is 12.6 Å².